The number of hydrogen-bond donors (Lipinski definition) is 1. The highest BCUT2D eigenvalue weighted by Crippen LogP contribution is 2.25. The number of para-hydroxylation sites is 1. The Hall–Kier alpha value is -1.62. The van der Waals surface area contributed by atoms with Crippen LogP contribution in [0.15, 0.2) is 24.3 Å². The van der Waals surface area contributed by atoms with Crippen molar-refractivity contribution in [3.8, 4) is 0 Å². The van der Waals surface area contributed by atoms with E-state index in [1.54, 1.807) is 12.1 Å². The third-order valence-electron chi connectivity index (χ3n) is 2.56. The predicted octanol–water partition coefficient (Wildman–Crippen LogP) is 1.53. The molecule has 1 fully saturated rings. The van der Waals surface area contributed by atoms with Gasteiger partial charge in [-0.25, -0.2) is 9.18 Å². The molecule has 1 N–H and O–H groups in total. The van der Waals surface area contributed by atoms with Gasteiger partial charge >= 0.3 is 6.09 Å². The van der Waals surface area contributed by atoms with Crippen molar-refractivity contribution in [2.75, 3.05) is 18.1 Å². The lowest BCUT2D eigenvalue weighted by Gasteiger charge is -2.33. The van der Waals surface area contributed by atoms with E-state index in [0.29, 0.717) is 6.42 Å². The van der Waals surface area contributed by atoms with Crippen LogP contribution < -0.4 is 4.90 Å². The lowest BCUT2D eigenvalue weighted by atomic mass is 10.1. The maximum atomic E-state index is 13.5. The Balaban J connectivity index is 2.36. The molecule has 0 spiro atoms. The molecule has 0 bridgehead atoms. The molecule has 1 atom stereocenters. The highest BCUT2D eigenvalue weighted by Gasteiger charge is 2.31. The quantitative estimate of drug-likeness (QED) is 0.830. The molecular weight excluding hydrogens is 213 g/mol. The van der Waals surface area contributed by atoms with Crippen LogP contribution in [0.5, 0.6) is 0 Å². The smallest absolute Gasteiger partial charge is 0.414 e. The molecule has 1 amide bonds. The van der Waals surface area contributed by atoms with Crippen LogP contribution in [0.3, 0.4) is 0 Å². The maximum Gasteiger partial charge on any atom is 0.414 e. The monoisotopic (exact) mass is 225 g/mol. The number of ether oxygens (including phenoxy) is 1. The van der Waals surface area contributed by atoms with Crippen molar-refractivity contribution in [2.24, 2.45) is 0 Å². The van der Waals surface area contributed by atoms with Crippen LogP contribution in [0.4, 0.5) is 14.9 Å². The molecule has 0 aliphatic carbocycles. The van der Waals surface area contributed by atoms with Gasteiger partial charge in [0.1, 0.15) is 5.82 Å². The molecule has 5 heteroatoms. The van der Waals surface area contributed by atoms with Gasteiger partial charge in [-0.1, -0.05) is 12.1 Å². The van der Waals surface area contributed by atoms with E-state index in [-0.39, 0.29) is 18.9 Å². The SMILES string of the molecule is O=C1OCCC(CO)N1c1ccccc1F. The summed E-state index contributed by atoms with van der Waals surface area (Å²) in [5.41, 5.74) is 0.145. The van der Waals surface area contributed by atoms with Crippen molar-refractivity contribution in [1.82, 2.24) is 0 Å². The zero-order valence-electron chi connectivity index (χ0n) is 8.60. The van der Waals surface area contributed by atoms with Crippen LogP contribution in [-0.2, 0) is 4.74 Å². The van der Waals surface area contributed by atoms with E-state index in [1.165, 1.54) is 17.0 Å². The third kappa shape index (κ3) is 1.86. The average molecular weight is 225 g/mol. The van der Waals surface area contributed by atoms with Crippen LogP contribution in [0.2, 0.25) is 0 Å². The van der Waals surface area contributed by atoms with Crippen molar-refractivity contribution in [3.05, 3.63) is 30.1 Å². The minimum atomic E-state index is -0.615. The summed E-state index contributed by atoms with van der Waals surface area (Å²) in [6.07, 6.45) is -0.119. The highest BCUT2D eigenvalue weighted by atomic mass is 19.1. The zero-order valence-corrected chi connectivity index (χ0v) is 8.60. The molecule has 1 aromatic rings. The number of aliphatic hydroxyl groups is 1. The maximum absolute atomic E-state index is 13.5. The molecule has 1 aliphatic rings. The standard InChI is InChI=1S/C11H12FNO3/c12-9-3-1-2-4-10(9)13-8(7-14)5-6-16-11(13)15/h1-4,8,14H,5-7H2. The summed E-state index contributed by atoms with van der Waals surface area (Å²) in [6, 6.07) is 5.52. The lowest BCUT2D eigenvalue weighted by Crippen LogP contribution is -2.48. The Morgan fingerprint density at radius 1 is 1.50 bits per heavy atom. The van der Waals surface area contributed by atoms with Crippen LogP contribution in [0.25, 0.3) is 0 Å². The third-order valence-corrected chi connectivity index (χ3v) is 2.56. The number of hydrogen-bond acceptors (Lipinski definition) is 3. The summed E-state index contributed by atoms with van der Waals surface area (Å²) in [5.74, 6) is -0.500. The topological polar surface area (TPSA) is 49.8 Å². The summed E-state index contributed by atoms with van der Waals surface area (Å²) in [7, 11) is 0. The zero-order chi connectivity index (χ0) is 11.5. The second-order valence-electron chi connectivity index (χ2n) is 3.56. The molecule has 2 rings (SSSR count). The summed E-state index contributed by atoms with van der Waals surface area (Å²) >= 11 is 0. The number of benzene rings is 1. The summed E-state index contributed by atoms with van der Waals surface area (Å²) in [4.78, 5) is 12.7. The van der Waals surface area contributed by atoms with Gasteiger partial charge in [-0.05, 0) is 12.1 Å². The first-order valence-electron chi connectivity index (χ1n) is 5.05. The van der Waals surface area contributed by atoms with E-state index in [2.05, 4.69) is 0 Å². The van der Waals surface area contributed by atoms with Crippen molar-refractivity contribution >= 4 is 11.8 Å². The summed E-state index contributed by atoms with van der Waals surface area (Å²) < 4.78 is 18.4. The number of amides is 1. The fraction of sp³-hybridized carbons (Fsp3) is 0.364. The molecule has 1 saturated heterocycles. The molecule has 1 heterocycles. The molecule has 0 aromatic heterocycles. The van der Waals surface area contributed by atoms with Gasteiger partial charge in [0.15, 0.2) is 0 Å². The van der Waals surface area contributed by atoms with E-state index in [9.17, 15) is 9.18 Å². The fourth-order valence-electron chi connectivity index (χ4n) is 1.75. The molecule has 1 aliphatic heterocycles. The second-order valence-corrected chi connectivity index (χ2v) is 3.56. The Kier molecular flexibility index (Phi) is 3.05. The number of halogens is 1. The van der Waals surface area contributed by atoms with E-state index >= 15 is 0 Å². The van der Waals surface area contributed by atoms with Crippen molar-refractivity contribution in [3.63, 3.8) is 0 Å². The fourth-order valence-corrected chi connectivity index (χ4v) is 1.75. The van der Waals surface area contributed by atoms with Gasteiger partial charge in [0.25, 0.3) is 0 Å². The van der Waals surface area contributed by atoms with Gasteiger partial charge < -0.3 is 9.84 Å². The molecule has 0 radical (unpaired) electrons. The molecule has 1 unspecified atom stereocenters. The number of nitrogens with zero attached hydrogens (tertiary/aromatic N) is 1. The first-order chi connectivity index (χ1) is 7.74. The van der Waals surface area contributed by atoms with Crippen LogP contribution in [0, 0.1) is 5.82 Å². The van der Waals surface area contributed by atoms with Gasteiger partial charge in [-0.3, -0.25) is 4.90 Å². The van der Waals surface area contributed by atoms with Gasteiger partial charge in [0.05, 0.1) is 24.9 Å². The first-order valence-corrected chi connectivity index (χ1v) is 5.05. The average Bonchev–Trinajstić information content (AvgIpc) is 2.30. The molecule has 1 aromatic carbocycles. The Bertz CT molecular complexity index is 397. The van der Waals surface area contributed by atoms with Gasteiger partial charge in [-0.15, -0.1) is 0 Å². The molecule has 86 valence electrons. The van der Waals surface area contributed by atoms with Gasteiger partial charge in [0, 0.05) is 6.42 Å². The van der Waals surface area contributed by atoms with E-state index in [4.69, 9.17) is 9.84 Å². The van der Waals surface area contributed by atoms with Gasteiger partial charge in [-0.2, -0.15) is 0 Å². The molecule has 4 nitrogen and oxygen atoms in total. The number of rotatable bonds is 2. The minimum absolute atomic E-state index is 0.145. The number of aliphatic hydroxyl groups excluding tert-OH is 1. The molecule has 0 saturated carbocycles. The van der Waals surface area contributed by atoms with Crippen LogP contribution in [0.1, 0.15) is 6.42 Å². The largest absolute Gasteiger partial charge is 0.449 e. The van der Waals surface area contributed by atoms with E-state index in [0.717, 1.165) is 0 Å². The van der Waals surface area contributed by atoms with E-state index in [1.807, 2.05) is 0 Å². The molecular formula is C11H12FNO3. The van der Waals surface area contributed by atoms with Crippen LogP contribution >= 0.6 is 0 Å². The minimum Gasteiger partial charge on any atom is -0.449 e. The second kappa shape index (κ2) is 4.49. The summed E-state index contributed by atoms with van der Waals surface area (Å²) in [6.45, 7) is 0.0540. The van der Waals surface area contributed by atoms with Crippen molar-refractivity contribution < 1.29 is 19.0 Å². The van der Waals surface area contributed by atoms with E-state index < -0.39 is 18.0 Å². The first kappa shape index (κ1) is 10.9. The number of cyclic esters (lactones) is 1. The molecule has 16 heavy (non-hydrogen) atoms. The number of anilines is 1. The lowest BCUT2D eigenvalue weighted by molar-refractivity contribution is 0.115. The normalized spacial score (nSPS) is 20.8. The van der Waals surface area contributed by atoms with Crippen LogP contribution in [-0.4, -0.2) is 30.5 Å². The van der Waals surface area contributed by atoms with Gasteiger partial charge in [0.2, 0.25) is 0 Å². The number of carbonyl (C=O) groups excluding carboxylic acids is 1. The Labute approximate surface area is 92.2 Å². The number of carbonyl (C=O) groups is 1. The summed E-state index contributed by atoms with van der Waals surface area (Å²) in [5, 5.41) is 9.16. The van der Waals surface area contributed by atoms with Crippen molar-refractivity contribution in [1.29, 1.82) is 0 Å². The Morgan fingerprint density at radius 3 is 2.94 bits per heavy atom. The van der Waals surface area contributed by atoms with Crippen molar-refractivity contribution in [2.45, 2.75) is 12.5 Å². The Morgan fingerprint density at radius 2 is 2.25 bits per heavy atom. The highest BCUT2D eigenvalue weighted by molar-refractivity contribution is 5.89. The predicted molar refractivity (Wildman–Crippen MR) is 55.7 cm³/mol.